The van der Waals surface area contributed by atoms with Crippen molar-refractivity contribution < 1.29 is 4.79 Å². The number of hydrogen-bond acceptors (Lipinski definition) is 6. The Balaban J connectivity index is 1.40. The highest BCUT2D eigenvalue weighted by molar-refractivity contribution is 6.31. The molecule has 3 rings (SSSR count). The highest BCUT2D eigenvalue weighted by atomic mass is 35.5. The minimum atomic E-state index is -0.215. The number of amides is 1. The van der Waals surface area contributed by atoms with Crippen molar-refractivity contribution in [1.29, 1.82) is 0 Å². The van der Waals surface area contributed by atoms with Crippen LogP contribution in [0.4, 0.5) is 0 Å². The average Bonchev–Trinajstić information content (AvgIpc) is 3.20. The molecule has 0 fully saturated rings. The molecule has 1 aromatic carbocycles. The lowest BCUT2D eigenvalue weighted by molar-refractivity contribution is -0.117. The molecule has 0 atom stereocenters. The number of aromatic nitrogens is 3. The predicted octanol–water partition coefficient (Wildman–Crippen LogP) is 2.88. The fraction of sp³-hybridized carbons (Fsp3) is 0.273. The lowest BCUT2D eigenvalue weighted by atomic mass is 10.3. The molecular weight excluding hydrogens is 414 g/mol. The van der Waals surface area contributed by atoms with Crippen molar-refractivity contribution in [2.45, 2.75) is 19.9 Å². The van der Waals surface area contributed by atoms with E-state index in [1.807, 2.05) is 24.3 Å². The zero-order chi connectivity index (χ0) is 22.1. The number of hydrogen-bond donors (Lipinski definition) is 3. The van der Waals surface area contributed by atoms with Gasteiger partial charge in [0, 0.05) is 44.2 Å². The van der Waals surface area contributed by atoms with E-state index in [9.17, 15) is 4.79 Å². The fourth-order valence-electron chi connectivity index (χ4n) is 2.96. The molecule has 2 aromatic heterocycles. The number of nitrogens with one attached hydrogen (secondary N) is 3. The minimum Gasteiger partial charge on any atom is -0.347 e. The monoisotopic (exact) mass is 439 g/mol. The van der Waals surface area contributed by atoms with E-state index in [1.54, 1.807) is 36.5 Å². The van der Waals surface area contributed by atoms with Crippen molar-refractivity contribution >= 4 is 35.3 Å². The second kappa shape index (κ2) is 11.2. The highest BCUT2D eigenvalue weighted by Crippen LogP contribution is 2.12. The third-order valence-corrected chi connectivity index (χ3v) is 4.97. The number of aromatic amines is 1. The lowest BCUT2D eigenvalue weighted by Gasteiger charge is -2.15. The van der Waals surface area contributed by atoms with E-state index >= 15 is 0 Å². The van der Waals surface area contributed by atoms with Crippen LogP contribution in [-0.4, -0.2) is 52.2 Å². The molecule has 1 amide bonds. The molecule has 9 heteroatoms. The summed E-state index contributed by atoms with van der Waals surface area (Å²) in [6, 6.07) is 11.5. The molecule has 0 bridgehead atoms. The van der Waals surface area contributed by atoms with Gasteiger partial charge in [-0.25, -0.2) is 4.98 Å². The highest BCUT2D eigenvalue weighted by Gasteiger charge is 2.08. The number of nitrogens with zero attached hydrogens (tertiary/aromatic N) is 4. The number of rotatable bonds is 11. The molecule has 0 aliphatic heterocycles. The number of fused-ring (bicyclic) bond motifs is 1. The molecule has 0 aliphatic rings. The van der Waals surface area contributed by atoms with E-state index in [1.165, 1.54) is 0 Å². The van der Waals surface area contributed by atoms with Crippen LogP contribution in [0.3, 0.4) is 0 Å². The summed E-state index contributed by atoms with van der Waals surface area (Å²) in [4.78, 5) is 24.4. The molecule has 162 valence electrons. The molecular formula is C22H26ClN7O. The van der Waals surface area contributed by atoms with E-state index in [2.05, 4.69) is 37.4 Å². The van der Waals surface area contributed by atoms with Crippen molar-refractivity contribution in [3.8, 4) is 0 Å². The van der Waals surface area contributed by atoms with Crippen LogP contribution in [0, 0.1) is 0 Å². The van der Waals surface area contributed by atoms with Crippen LogP contribution in [0.25, 0.3) is 11.0 Å². The van der Waals surface area contributed by atoms with Crippen LogP contribution in [-0.2, 0) is 17.8 Å². The molecule has 0 radical (unpaired) electrons. The Morgan fingerprint density at radius 2 is 2.13 bits per heavy atom. The van der Waals surface area contributed by atoms with Gasteiger partial charge in [-0.1, -0.05) is 23.7 Å². The first kappa shape index (κ1) is 22.5. The third kappa shape index (κ3) is 6.63. The summed E-state index contributed by atoms with van der Waals surface area (Å²) < 4.78 is 0. The van der Waals surface area contributed by atoms with Gasteiger partial charge in [-0.05, 0) is 31.2 Å². The second-order valence-corrected chi connectivity index (χ2v) is 7.34. The van der Waals surface area contributed by atoms with Gasteiger partial charge in [0.05, 0.1) is 34.8 Å². The topological polar surface area (TPSA) is 98.3 Å². The SMILES string of the molecule is C=NN(/C=C(\C)C(=O)NCc1ncccc1Cl)CCNCCc1nc2ccccc2[nH]1. The quantitative estimate of drug-likeness (QED) is 0.185. The maximum absolute atomic E-state index is 12.3. The first-order valence-electron chi connectivity index (χ1n) is 10.0. The van der Waals surface area contributed by atoms with Gasteiger partial charge in [-0.2, -0.15) is 5.10 Å². The first-order valence-corrected chi connectivity index (χ1v) is 10.4. The minimum absolute atomic E-state index is 0.215. The van der Waals surface area contributed by atoms with Crippen molar-refractivity contribution in [2.24, 2.45) is 5.10 Å². The average molecular weight is 440 g/mol. The van der Waals surface area contributed by atoms with Gasteiger partial charge < -0.3 is 15.6 Å². The van der Waals surface area contributed by atoms with E-state index in [4.69, 9.17) is 11.6 Å². The summed E-state index contributed by atoms with van der Waals surface area (Å²) >= 11 is 6.06. The molecule has 2 heterocycles. The second-order valence-electron chi connectivity index (χ2n) is 6.93. The van der Waals surface area contributed by atoms with E-state index in [0.717, 1.165) is 29.8 Å². The van der Waals surface area contributed by atoms with Crippen LogP contribution in [0.5, 0.6) is 0 Å². The van der Waals surface area contributed by atoms with Crippen LogP contribution < -0.4 is 10.6 Å². The molecule has 0 saturated carbocycles. The molecule has 0 unspecified atom stereocenters. The molecule has 0 aliphatic carbocycles. The molecule has 8 nitrogen and oxygen atoms in total. The number of hydrazone groups is 1. The summed E-state index contributed by atoms with van der Waals surface area (Å²) in [6.45, 7) is 7.61. The molecule has 3 N–H and O–H groups in total. The van der Waals surface area contributed by atoms with Crippen LogP contribution in [0.15, 0.2) is 59.5 Å². The molecule has 0 saturated heterocycles. The summed E-state index contributed by atoms with van der Waals surface area (Å²) in [6.07, 6.45) is 4.10. The zero-order valence-electron chi connectivity index (χ0n) is 17.4. The van der Waals surface area contributed by atoms with Crippen LogP contribution in [0.2, 0.25) is 5.02 Å². The number of imidazole rings is 1. The number of H-pyrrole nitrogens is 1. The van der Waals surface area contributed by atoms with Crippen molar-refractivity contribution in [1.82, 2.24) is 30.6 Å². The fourth-order valence-corrected chi connectivity index (χ4v) is 3.15. The van der Waals surface area contributed by atoms with Gasteiger partial charge in [0.2, 0.25) is 5.91 Å². The van der Waals surface area contributed by atoms with Crippen LogP contribution in [0.1, 0.15) is 18.4 Å². The Morgan fingerprint density at radius 1 is 1.29 bits per heavy atom. The Morgan fingerprint density at radius 3 is 2.90 bits per heavy atom. The standard InChI is InChI=1S/C22H26ClN7O/c1-16(22(31)27-14-20-17(23)6-5-10-26-20)15-30(24-2)13-12-25-11-9-21-28-18-7-3-4-8-19(18)29-21/h3-8,10,15,25H,2,9,11-14H2,1H3,(H,27,31)(H,28,29)/b16-15+. The van der Waals surface area contributed by atoms with Gasteiger partial charge in [0.25, 0.3) is 0 Å². The Hall–Kier alpha value is -3.23. The summed E-state index contributed by atoms with van der Waals surface area (Å²) in [5, 5.41) is 12.3. The number of pyridine rings is 1. The van der Waals surface area contributed by atoms with Crippen LogP contribution >= 0.6 is 11.6 Å². The van der Waals surface area contributed by atoms with E-state index in [-0.39, 0.29) is 12.5 Å². The molecule has 31 heavy (non-hydrogen) atoms. The third-order valence-electron chi connectivity index (χ3n) is 4.63. The normalized spacial score (nSPS) is 11.5. The summed E-state index contributed by atoms with van der Waals surface area (Å²) in [7, 11) is 0. The Kier molecular flexibility index (Phi) is 8.14. The molecule has 0 spiro atoms. The summed E-state index contributed by atoms with van der Waals surface area (Å²) in [5.41, 5.74) is 3.16. The number of para-hydroxylation sites is 2. The van der Waals surface area contributed by atoms with Gasteiger partial charge in [-0.15, -0.1) is 0 Å². The van der Waals surface area contributed by atoms with Gasteiger partial charge in [-0.3, -0.25) is 14.8 Å². The van der Waals surface area contributed by atoms with E-state index < -0.39 is 0 Å². The number of halogens is 1. The Labute approximate surface area is 186 Å². The van der Waals surface area contributed by atoms with E-state index in [0.29, 0.717) is 29.4 Å². The Bertz CT molecular complexity index is 1030. The molecule has 3 aromatic rings. The maximum Gasteiger partial charge on any atom is 0.248 e. The largest absolute Gasteiger partial charge is 0.347 e. The van der Waals surface area contributed by atoms with Gasteiger partial charge >= 0.3 is 0 Å². The van der Waals surface area contributed by atoms with Gasteiger partial charge in [0.1, 0.15) is 5.82 Å². The van der Waals surface area contributed by atoms with Crippen molar-refractivity contribution in [3.63, 3.8) is 0 Å². The predicted molar refractivity (Wildman–Crippen MR) is 124 cm³/mol. The number of benzene rings is 1. The number of carbonyl (C=O) groups excluding carboxylic acids is 1. The lowest BCUT2D eigenvalue weighted by Crippen LogP contribution is -2.29. The van der Waals surface area contributed by atoms with Crippen molar-refractivity contribution in [2.75, 3.05) is 19.6 Å². The van der Waals surface area contributed by atoms with Gasteiger partial charge in [0.15, 0.2) is 0 Å². The number of carbonyl (C=O) groups is 1. The smallest absolute Gasteiger partial charge is 0.248 e. The first-order chi connectivity index (χ1) is 15.1. The maximum atomic E-state index is 12.3. The zero-order valence-corrected chi connectivity index (χ0v) is 18.2. The van der Waals surface area contributed by atoms with Crippen molar-refractivity contribution in [3.05, 3.63) is 70.9 Å². The summed E-state index contributed by atoms with van der Waals surface area (Å²) in [5.74, 6) is 0.737.